The SMILES string of the molecule is C=C1N(C2CCCCC2)C(=O)OC12CCN(CCc1ccc(Cl)cc1)CC2. The number of rotatable bonds is 4. The Hall–Kier alpha value is -1.52. The summed E-state index contributed by atoms with van der Waals surface area (Å²) in [6.07, 6.45) is 8.39. The van der Waals surface area contributed by atoms with Gasteiger partial charge in [0.1, 0.15) is 0 Å². The second kappa shape index (κ2) is 7.84. The second-order valence-electron chi connectivity index (χ2n) is 8.19. The maximum atomic E-state index is 12.6. The molecular weight excluding hydrogens is 360 g/mol. The molecule has 4 nitrogen and oxygen atoms in total. The van der Waals surface area contributed by atoms with Gasteiger partial charge in [0, 0.05) is 43.5 Å². The Kier molecular flexibility index (Phi) is 5.47. The fourth-order valence-electron chi connectivity index (χ4n) is 4.78. The van der Waals surface area contributed by atoms with Crippen LogP contribution < -0.4 is 0 Å². The topological polar surface area (TPSA) is 32.8 Å². The van der Waals surface area contributed by atoms with Crippen LogP contribution in [0.5, 0.6) is 0 Å². The molecule has 2 saturated heterocycles. The van der Waals surface area contributed by atoms with Gasteiger partial charge in [-0.05, 0) is 37.0 Å². The zero-order valence-electron chi connectivity index (χ0n) is 16.0. The van der Waals surface area contributed by atoms with Crippen LogP contribution in [0.25, 0.3) is 0 Å². The molecule has 3 aliphatic rings. The van der Waals surface area contributed by atoms with E-state index in [9.17, 15) is 4.79 Å². The van der Waals surface area contributed by atoms with Gasteiger partial charge < -0.3 is 9.64 Å². The standard InChI is InChI=1S/C22H29ClN2O2/c1-17-22(27-21(26)25(17)20-5-3-2-4-6-20)12-15-24(16-13-22)14-11-18-7-9-19(23)10-8-18/h7-10,20H,1-6,11-16H2. The Morgan fingerprint density at radius 2 is 1.78 bits per heavy atom. The van der Waals surface area contributed by atoms with Crippen molar-refractivity contribution < 1.29 is 9.53 Å². The van der Waals surface area contributed by atoms with Crippen molar-refractivity contribution in [3.8, 4) is 0 Å². The van der Waals surface area contributed by atoms with E-state index in [4.69, 9.17) is 16.3 Å². The number of benzene rings is 1. The average Bonchev–Trinajstić information content (AvgIpc) is 2.93. The van der Waals surface area contributed by atoms with Crippen molar-refractivity contribution in [1.82, 2.24) is 9.80 Å². The highest BCUT2D eigenvalue weighted by Crippen LogP contribution is 2.43. The van der Waals surface area contributed by atoms with Crippen LogP contribution in [0.4, 0.5) is 4.79 Å². The molecule has 0 radical (unpaired) electrons. The Bertz CT molecular complexity index is 689. The van der Waals surface area contributed by atoms with Crippen LogP contribution >= 0.6 is 11.6 Å². The third-order valence-corrected chi connectivity index (χ3v) is 6.78. The van der Waals surface area contributed by atoms with Crippen molar-refractivity contribution in [2.75, 3.05) is 19.6 Å². The van der Waals surface area contributed by atoms with Crippen LogP contribution in [0.2, 0.25) is 5.02 Å². The highest BCUT2D eigenvalue weighted by atomic mass is 35.5. The molecule has 27 heavy (non-hydrogen) atoms. The summed E-state index contributed by atoms with van der Waals surface area (Å²) in [5.41, 5.74) is 1.75. The molecule has 146 valence electrons. The Morgan fingerprint density at radius 3 is 2.44 bits per heavy atom. The molecule has 4 rings (SSSR count). The Labute approximate surface area is 167 Å². The summed E-state index contributed by atoms with van der Waals surface area (Å²) in [4.78, 5) is 16.9. The maximum absolute atomic E-state index is 12.6. The number of piperidine rings is 1. The first kappa shape index (κ1) is 18.8. The van der Waals surface area contributed by atoms with Gasteiger partial charge in [-0.2, -0.15) is 0 Å². The average molecular weight is 389 g/mol. The van der Waals surface area contributed by atoms with Crippen LogP contribution in [0.3, 0.4) is 0 Å². The molecule has 1 spiro atoms. The molecule has 1 aromatic carbocycles. The summed E-state index contributed by atoms with van der Waals surface area (Å²) in [5, 5.41) is 0.780. The van der Waals surface area contributed by atoms with Crippen LogP contribution in [-0.4, -0.2) is 47.2 Å². The van der Waals surface area contributed by atoms with Gasteiger partial charge in [0.25, 0.3) is 0 Å². The molecule has 1 aliphatic carbocycles. The zero-order valence-corrected chi connectivity index (χ0v) is 16.7. The van der Waals surface area contributed by atoms with E-state index in [0.717, 1.165) is 62.5 Å². The van der Waals surface area contributed by atoms with Crippen molar-refractivity contribution in [3.05, 3.63) is 47.1 Å². The molecule has 1 aromatic rings. The molecular formula is C22H29ClN2O2. The van der Waals surface area contributed by atoms with E-state index >= 15 is 0 Å². The number of hydrogen-bond donors (Lipinski definition) is 0. The number of nitrogens with zero attached hydrogens (tertiary/aromatic N) is 2. The number of ether oxygens (including phenoxy) is 1. The van der Waals surface area contributed by atoms with Crippen molar-refractivity contribution in [2.45, 2.75) is 63.0 Å². The number of hydrogen-bond acceptors (Lipinski definition) is 3. The summed E-state index contributed by atoms with van der Waals surface area (Å²) in [6.45, 7) is 7.22. The molecule has 3 fully saturated rings. The maximum Gasteiger partial charge on any atom is 0.415 e. The van der Waals surface area contributed by atoms with Crippen molar-refractivity contribution >= 4 is 17.7 Å². The van der Waals surface area contributed by atoms with E-state index < -0.39 is 5.60 Å². The second-order valence-corrected chi connectivity index (χ2v) is 8.63. The third kappa shape index (κ3) is 3.88. The van der Waals surface area contributed by atoms with E-state index in [1.54, 1.807) is 0 Å². The molecule has 0 atom stereocenters. The lowest BCUT2D eigenvalue weighted by Gasteiger charge is -2.39. The first-order chi connectivity index (χ1) is 13.1. The van der Waals surface area contributed by atoms with Gasteiger partial charge in [0.05, 0.1) is 5.70 Å². The summed E-state index contributed by atoms with van der Waals surface area (Å²) >= 11 is 5.96. The smallest absolute Gasteiger partial charge is 0.415 e. The van der Waals surface area contributed by atoms with Crippen molar-refractivity contribution in [3.63, 3.8) is 0 Å². The van der Waals surface area contributed by atoms with Crippen LogP contribution in [0.1, 0.15) is 50.5 Å². The minimum Gasteiger partial charge on any atom is -0.436 e. The summed E-state index contributed by atoms with van der Waals surface area (Å²) < 4.78 is 5.94. The van der Waals surface area contributed by atoms with Gasteiger partial charge in [-0.25, -0.2) is 4.79 Å². The molecule has 1 saturated carbocycles. The first-order valence-electron chi connectivity index (χ1n) is 10.3. The molecule has 0 N–H and O–H groups in total. The van der Waals surface area contributed by atoms with E-state index in [2.05, 4.69) is 23.6 Å². The molecule has 1 amide bonds. The molecule has 2 aliphatic heterocycles. The van der Waals surface area contributed by atoms with Gasteiger partial charge >= 0.3 is 6.09 Å². The van der Waals surface area contributed by atoms with Gasteiger partial charge in [-0.3, -0.25) is 4.90 Å². The monoisotopic (exact) mass is 388 g/mol. The van der Waals surface area contributed by atoms with Crippen LogP contribution in [0.15, 0.2) is 36.5 Å². The largest absolute Gasteiger partial charge is 0.436 e. The number of likely N-dealkylation sites (tertiary alicyclic amines) is 1. The van der Waals surface area contributed by atoms with E-state index in [1.807, 2.05) is 17.0 Å². The number of halogens is 1. The zero-order chi connectivity index (χ0) is 18.9. The van der Waals surface area contributed by atoms with Crippen molar-refractivity contribution in [2.24, 2.45) is 0 Å². The third-order valence-electron chi connectivity index (χ3n) is 6.53. The van der Waals surface area contributed by atoms with E-state index in [1.165, 1.54) is 24.8 Å². The summed E-state index contributed by atoms with van der Waals surface area (Å²) in [5.74, 6) is 0. The van der Waals surface area contributed by atoms with E-state index in [-0.39, 0.29) is 6.09 Å². The first-order valence-corrected chi connectivity index (χ1v) is 10.6. The highest BCUT2D eigenvalue weighted by Gasteiger charge is 2.52. The molecule has 0 aromatic heterocycles. The van der Waals surface area contributed by atoms with Gasteiger partial charge in [0.15, 0.2) is 5.60 Å². The van der Waals surface area contributed by atoms with Gasteiger partial charge in [0.2, 0.25) is 0 Å². The van der Waals surface area contributed by atoms with Gasteiger partial charge in [-0.1, -0.05) is 49.6 Å². The quantitative estimate of drug-likeness (QED) is 0.726. The fourth-order valence-corrected chi connectivity index (χ4v) is 4.91. The lowest BCUT2D eigenvalue weighted by Crippen LogP contribution is -2.46. The lowest BCUT2D eigenvalue weighted by atomic mass is 9.86. The lowest BCUT2D eigenvalue weighted by molar-refractivity contribution is 0.0149. The van der Waals surface area contributed by atoms with Crippen LogP contribution in [0, 0.1) is 0 Å². The predicted octanol–water partition coefficient (Wildman–Crippen LogP) is 5.02. The summed E-state index contributed by atoms with van der Waals surface area (Å²) in [7, 11) is 0. The number of carbonyl (C=O) groups excluding carboxylic acids is 1. The molecule has 0 unspecified atom stereocenters. The van der Waals surface area contributed by atoms with Crippen molar-refractivity contribution in [1.29, 1.82) is 0 Å². The number of carbonyl (C=O) groups is 1. The Balaban J connectivity index is 1.33. The molecule has 2 heterocycles. The highest BCUT2D eigenvalue weighted by molar-refractivity contribution is 6.30. The summed E-state index contributed by atoms with van der Waals surface area (Å²) in [6, 6.07) is 8.38. The Morgan fingerprint density at radius 1 is 1.11 bits per heavy atom. The van der Waals surface area contributed by atoms with Gasteiger partial charge in [-0.15, -0.1) is 0 Å². The van der Waals surface area contributed by atoms with E-state index in [0.29, 0.717) is 6.04 Å². The normalized spacial score (nSPS) is 23.8. The minimum absolute atomic E-state index is 0.165. The van der Waals surface area contributed by atoms with Crippen LogP contribution in [-0.2, 0) is 11.2 Å². The minimum atomic E-state index is -0.467. The molecule has 5 heteroatoms. The fraction of sp³-hybridized carbons (Fsp3) is 0.591. The number of amides is 1. The predicted molar refractivity (Wildman–Crippen MR) is 108 cm³/mol. The molecule has 0 bridgehead atoms.